The molecule has 2 rings (SSSR count). The number of hydrogen-bond donors (Lipinski definition) is 2. The largest absolute Gasteiger partial charge is 0.573 e. The molecule has 2 aromatic carbocycles. The molecular weight excluding hydrogens is 389 g/mol. The van der Waals surface area contributed by atoms with Gasteiger partial charge >= 0.3 is 12.5 Å². The molecule has 0 atom stereocenters. The summed E-state index contributed by atoms with van der Waals surface area (Å²) in [6.45, 7) is 5.52. The lowest BCUT2D eigenvalue weighted by Crippen LogP contribution is -2.32. The summed E-state index contributed by atoms with van der Waals surface area (Å²) in [5.41, 5.74) is 0.839. The maximum atomic E-state index is 12.2. The van der Waals surface area contributed by atoms with Crippen molar-refractivity contribution in [2.24, 2.45) is 0 Å². The third-order valence-electron chi connectivity index (χ3n) is 3.40. The Morgan fingerprint density at radius 3 is 2.03 bits per heavy atom. The fraction of sp³-hybridized carbons (Fsp3) is 0.300. The van der Waals surface area contributed by atoms with E-state index < -0.39 is 24.0 Å². The van der Waals surface area contributed by atoms with Crippen molar-refractivity contribution in [1.29, 1.82) is 0 Å². The lowest BCUT2D eigenvalue weighted by atomic mass is 10.1. The number of carbonyl (C=O) groups excluding carboxylic acids is 2. The van der Waals surface area contributed by atoms with Crippen LogP contribution >= 0.6 is 0 Å². The smallest absolute Gasteiger partial charge is 0.444 e. The maximum absolute atomic E-state index is 12.2. The standard InChI is InChI=1S/C20H21F3N2O4/c1-19(2,3)29-18(27)24-12-13-4-6-14(7-5-13)17(26)25-15-8-10-16(11-9-15)28-20(21,22)23/h4-11H,12H2,1-3H3,(H,24,27)(H,25,26). The van der Waals surface area contributed by atoms with Crippen molar-refractivity contribution in [1.82, 2.24) is 5.32 Å². The second kappa shape index (κ2) is 8.85. The number of alkyl carbamates (subject to hydrolysis) is 1. The molecule has 0 saturated carbocycles. The van der Waals surface area contributed by atoms with Crippen LogP contribution in [0.15, 0.2) is 48.5 Å². The van der Waals surface area contributed by atoms with Gasteiger partial charge in [-0.1, -0.05) is 12.1 Å². The lowest BCUT2D eigenvalue weighted by Gasteiger charge is -2.19. The minimum Gasteiger partial charge on any atom is -0.444 e. The predicted molar refractivity (Wildman–Crippen MR) is 101 cm³/mol. The average Bonchev–Trinajstić information content (AvgIpc) is 2.59. The summed E-state index contributed by atoms with van der Waals surface area (Å²) in [7, 11) is 0. The van der Waals surface area contributed by atoms with Gasteiger partial charge in [-0.05, 0) is 62.7 Å². The van der Waals surface area contributed by atoms with E-state index in [9.17, 15) is 22.8 Å². The molecule has 0 radical (unpaired) electrons. The SMILES string of the molecule is CC(C)(C)OC(=O)NCc1ccc(C(=O)Nc2ccc(OC(F)(F)F)cc2)cc1. The molecule has 0 heterocycles. The fourth-order valence-electron chi connectivity index (χ4n) is 2.21. The molecular formula is C20H21F3N2O4. The highest BCUT2D eigenvalue weighted by molar-refractivity contribution is 6.04. The van der Waals surface area contributed by atoms with E-state index in [0.717, 1.165) is 17.7 Å². The molecule has 2 aromatic rings. The first-order valence-electron chi connectivity index (χ1n) is 8.64. The summed E-state index contributed by atoms with van der Waals surface area (Å²) >= 11 is 0. The Morgan fingerprint density at radius 1 is 0.931 bits per heavy atom. The Balaban J connectivity index is 1.89. The van der Waals surface area contributed by atoms with E-state index >= 15 is 0 Å². The van der Waals surface area contributed by atoms with E-state index in [1.165, 1.54) is 12.1 Å². The molecule has 0 unspecified atom stereocenters. The molecule has 0 spiro atoms. The number of amides is 2. The van der Waals surface area contributed by atoms with E-state index in [1.54, 1.807) is 45.0 Å². The van der Waals surface area contributed by atoms with Gasteiger partial charge in [0, 0.05) is 17.8 Å². The van der Waals surface area contributed by atoms with Gasteiger partial charge in [0.25, 0.3) is 5.91 Å². The Kier molecular flexibility index (Phi) is 6.73. The van der Waals surface area contributed by atoms with E-state index in [1.807, 2.05) is 0 Å². The van der Waals surface area contributed by atoms with Crippen molar-refractivity contribution in [3.8, 4) is 5.75 Å². The van der Waals surface area contributed by atoms with Crippen LogP contribution < -0.4 is 15.4 Å². The fourth-order valence-corrected chi connectivity index (χ4v) is 2.21. The Hall–Kier alpha value is -3.23. The van der Waals surface area contributed by atoms with Gasteiger partial charge in [0.15, 0.2) is 0 Å². The molecule has 2 N–H and O–H groups in total. The first-order valence-corrected chi connectivity index (χ1v) is 8.64. The number of carbonyl (C=O) groups is 2. The third-order valence-corrected chi connectivity index (χ3v) is 3.40. The minimum atomic E-state index is -4.77. The average molecular weight is 410 g/mol. The first-order chi connectivity index (χ1) is 13.4. The monoisotopic (exact) mass is 410 g/mol. The zero-order valence-electron chi connectivity index (χ0n) is 16.1. The van der Waals surface area contributed by atoms with Gasteiger partial charge in [-0.25, -0.2) is 4.79 Å². The van der Waals surface area contributed by atoms with Crippen molar-refractivity contribution in [2.45, 2.75) is 39.3 Å². The van der Waals surface area contributed by atoms with Crippen LogP contribution in [0.5, 0.6) is 5.75 Å². The normalized spacial score (nSPS) is 11.5. The third kappa shape index (κ3) is 8.12. The molecule has 0 fully saturated rings. The Labute approximate surface area is 166 Å². The van der Waals surface area contributed by atoms with Crippen LogP contribution in [0.3, 0.4) is 0 Å². The molecule has 2 amide bonds. The van der Waals surface area contributed by atoms with Crippen LogP contribution in [0.4, 0.5) is 23.7 Å². The van der Waals surface area contributed by atoms with E-state index in [-0.39, 0.29) is 12.3 Å². The number of ether oxygens (including phenoxy) is 2. The molecule has 0 saturated heterocycles. The highest BCUT2D eigenvalue weighted by Crippen LogP contribution is 2.24. The zero-order valence-corrected chi connectivity index (χ0v) is 16.1. The summed E-state index contributed by atoms with van der Waals surface area (Å²) in [5.74, 6) is -0.807. The molecule has 0 aliphatic carbocycles. The van der Waals surface area contributed by atoms with Gasteiger partial charge in [0.2, 0.25) is 0 Å². The number of hydrogen-bond acceptors (Lipinski definition) is 4. The molecule has 6 nitrogen and oxygen atoms in total. The van der Waals surface area contributed by atoms with Crippen molar-refractivity contribution in [3.05, 3.63) is 59.7 Å². The van der Waals surface area contributed by atoms with Gasteiger partial charge in [-0.3, -0.25) is 4.79 Å². The van der Waals surface area contributed by atoms with Crippen LogP contribution in [0.25, 0.3) is 0 Å². The van der Waals surface area contributed by atoms with Crippen molar-refractivity contribution in [3.63, 3.8) is 0 Å². The van der Waals surface area contributed by atoms with E-state index in [2.05, 4.69) is 15.4 Å². The number of anilines is 1. The molecule has 0 aliphatic heterocycles. The van der Waals surface area contributed by atoms with Crippen molar-refractivity contribution in [2.75, 3.05) is 5.32 Å². The maximum Gasteiger partial charge on any atom is 0.573 e. The second-order valence-electron chi connectivity index (χ2n) is 7.08. The highest BCUT2D eigenvalue weighted by Gasteiger charge is 2.31. The number of halogens is 3. The van der Waals surface area contributed by atoms with Crippen molar-refractivity contribution < 1.29 is 32.2 Å². The summed E-state index contributed by atoms with van der Waals surface area (Å²) in [6, 6.07) is 11.3. The summed E-state index contributed by atoms with van der Waals surface area (Å²) in [4.78, 5) is 23.9. The number of nitrogens with one attached hydrogen (secondary N) is 2. The minimum absolute atomic E-state index is 0.234. The summed E-state index contributed by atoms with van der Waals surface area (Å²) < 4.78 is 45.4. The van der Waals surface area contributed by atoms with Gasteiger partial charge in [0.05, 0.1) is 0 Å². The first kappa shape index (κ1) is 22.1. The molecule has 9 heteroatoms. The number of alkyl halides is 3. The van der Waals surface area contributed by atoms with Gasteiger partial charge in [-0.15, -0.1) is 13.2 Å². The van der Waals surface area contributed by atoms with E-state index in [4.69, 9.17) is 4.74 Å². The molecule has 29 heavy (non-hydrogen) atoms. The van der Waals surface area contributed by atoms with Crippen LogP contribution in [-0.2, 0) is 11.3 Å². The Morgan fingerprint density at radius 2 is 1.52 bits per heavy atom. The van der Waals surface area contributed by atoms with Gasteiger partial charge in [0.1, 0.15) is 11.4 Å². The molecule has 156 valence electrons. The summed E-state index contributed by atoms with van der Waals surface area (Å²) in [6.07, 6.45) is -5.32. The lowest BCUT2D eigenvalue weighted by molar-refractivity contribution is -0.274. The molecule has 0 bridgehead atoms. The zero-order chi connectivity index (χ0) is 21.7. The molecule has 0 aromatic heterocycles. The van der Waals surface area contributed by atoms with Crippen LogP contribution in [0, 0.1) is 0 Å². The van der Waals surface area contributed by atoms with Gasteiger partial charge in [-0.2, -0.15) is 0 Å². The highest BCUT2D eigenvalue weighted by atomic mass is 19.4. The van der Waals surface area contributed by atoms with Crippen LogP contribution in [-0.4, -0.2) is 24.0 Å². The summed E-state index contributed by atoms with van der Waals surface area (Å²) in [5, 5.41) is 5.19. The Bertz CT molecular complexity index is 842. The predicted octanol–water partition coefficient (Wildman–Crippen LogP) is 4.86. The van der Waals surface area contributed by atoms with Gasteiger partial charge < -0.3 is 20.1 Å². The quantitative estimate of drug-likeness (QED) is 0.738. The van der Waals surface area contributed by atoms with Crippen LogP contribution in [0.2, 0.25) is 0 Å². The number of rotatable bonds is 5. The second-order valence-corrected chi connectivity index (χ2v) is 7.08. The van der Waals surface area contributed by atoms with E-state index in [0.29, 0.717) is 11.3 Å². The number of benzene rings is 2. The van der Waals surface area contributed by atoms with Crippen LogP contribution in [0.1, 0.15) is 36.7 Å². The topological polar surface area (TPSA) is 76.7 Å². The molecule has 0 aliphatic rings. The van der Waals surface area contributed by atoms with Crippen molar-refractivity contribution >= 4 is 17.7 Å².